The van der Waals surface area contributed by atoms with Gasteiger partial charge < -0.3 is 0 Å². The van der Waals surface area contributed by atoms with Crippen molar-refractivity contribution in [3.8, 4) is 0 Å². The molecule has 78 valence electrons. The standard InChI is InChI=1S/C9H9N3O3/c1-4(13)7-10-8(5(2)14)12-9(11-7)6(3)15/h1-3H3. The zero-order valence-corrected chi connectivity index (χ0v) is 8.57. The summed E-state index contributed by atoms with van der Waals surface area (Å²) in [5.74, 6) is -1.74. The molecule has 0 bridgehead atoms. The van der Waals surface area contributed by atoms with Crippen molar-refractivity contribution in [2.75, 3.05) is 0 Å². The lowest BCUT2D eigenvalue weighted by atomic mass is 10.3. The summed E-state index contributed by atoms with van der Waals surface area (Å²) in [6.07, 6.45) is 0. The van der Waals surface area contributed by atoms with Crippen molar-refractivity contribution in [3.05, 3.63) is 17.5 Å². The number of hydrogen-bond donors (Lipinski definition) is 0. The molecule has 0 fully saturated rings. The first-order chi connectivity index (χ1) is 6.91. The van der Waals surface area contributed by atoms with Gasteiger partial charge in [0, 0.05) is 20.8 Å². The Kier molecular flexibility index (Phi) is 2.99. The third-order valence-electron chi connectivity index (χ3n) is 1.58. The number of Topliss-reactive ketones (excluding diaryl/α,β-unsaturated/α-hetero) is 3. The Morgan fingerprint density at radius 2 is 0.867 bits per heavy atom. The SMILES string of the molecule is CC(=O)c1nc(C(C)=O)nc(C(C)=O)n1. The van der Waals surface area contributed by atoms with Crippen molar-refractivity contribution in [2.24, 2.45) is 0 Å². The molecular formula is C9H9N3O3. The van der Waals surface area contributed by atoms with Gasteiger partial charge in [-0.3, -0.25) is 14.4 Å². The normalized spacial score (nSPS) is 9.80. The molecule has 1 heterocycles. The van der Waals surface area contributed by atoms with Gasteiger partial charge in [-0.15, -0.1) is 0 Å². The number of hydrogen-bond acceptors (Lipinski definition) is 6. The summed E-state index contributed by atoms with van der Waals surface area (Å²) < 4.78 is 0. The van der Waals surface area contributed by atoms with E-state index in [-0.39, 0.29) is 17.5 Å². The third kappa shape index (κ3) is 2.49. The highest BCUT2D eigenvalue weighted by molar-refractivity contribution is 5.97. The van der Waals surface area contributed by atoms with Crippen molar-refractivity contribution >= 4 is 17.3 Å². The summed E-state index contributed by atoms with van der Waals surface area (Å²) >= 11 is 0. The second-order valence-corrected chi connectivity index (χ2v) is 2.97. The van der Waals surface area contributed by atoms with Crippen molar-refractivity contribution in [3.63, 3.8) is 0 Å². The van der Waals surface area contributed by atoms with Crippen LogP contribution in [0.1, 0.15) is 52.6 Å². The number of aromatic nitrogens is 3. The largest absolute Gasteiger partial charge is 0.291 e. The lowest BCUT2D eigenvalue weighted by Crippen LogP contribution is -2.15. The van der Waals surface area contributed by atoms with Crippen molar-refractivity contribution < 1.29 is 14.4 Å². The Labute approximate surface area is 85.8 Å². The Morgan fingerprint density at radius 3 is 1.00 bits per heavy atom. The highest BCUT2D eigenvalue weighted by Crippen LogP contribution is 1.99. The van der Waals surface area contributed by atoms with Gasteiger partial charge in [0.15, 0.2) is 34.8 Å². The number of rotatable bonds is 3. The zero-order chi connectivity index (χ0) is 11.6. The summed E-state index contributed by atoms with van der Waals surface area (Å²) in [5, 5.41) is 0. The number of carbonyl (C=O) groups excluding carboxylic acids is 3. The molecule has 1 aromatic rings. The topological polar surface area (TPSA) is 89.9 Å². The summed E-state index contributed by atoms with van der Waals surface area (Å²) in [7, 11) is 0. The quantitative estimate of drug-likeness (QED) is 0.669. The maximum absolute atomic E-state index is 11.0. The van der Waals surface area contributed by atoms with Crippen LogP contribution in [0, 0.1) is 0 Å². The fourth-order valence-corrected chi connectivity index (χ4v) is 0.848. The van der Waals surface area contributed by atoms with E-state index in [0.717, 1.165) is 0 Å². The summed E-state index contributed by atoms with van der Waals surface area (Å²) in [6.45, 7) is 3.76. The van der Waals surface area contributed by atoms with Crippen LogP contribution in [0.25, 0.3) is 0 Å². The van der Waals surface area contributed by atoms with E-state index in [1.165, 1.54) is 20.8 Å². The first kappa shape index (κ1) is 11.1. The Hall–Kier alpha value is -1.98. The highest BCUT2D eigenvalue weighted by atomic mass is 16.1. The molecule has 0 atom stereocenters. The predicted molar refractivity (Wildman–Crippen MR) is 49.8 cm³/mol. The fourth-order valence-electron chi connectivity index (χ4n) is 0.848. The van der Waals surface area contributed by atoms with Gasteiger partial charge in [-0.25, -0.2) is 15.0 Å². The molecule has 0 aromatic carbocycles. The van der Waals surface area contributed by atoms with Crippen LogP contribution in [0.2, 0.25) is 0 Å². The Balaban J connectivity index is 3.39. The Bertz CT molecular complexity index is 375. The zero-order valence-electron chi connectivity index (χ0n) is 8.57. The molecule has 0 spiro atoms. The average molecular weight is 207 g/mol. The lowest BCUT2D eigenvalue weighted by molar-refractivity contribution is 0.0992. The van der Waals surface area contributed by atoms with Gasteiger partial charge in [0.05, 0.1) is 0 Å². The minimum absolute atomic E-state index is 0.166. The van der Waals surface area contributed by atoms with Crippen LogP contribution in [0.4, 0.5) is 0 Å². The van der Waals surface area contributed by atoms with Crippen LogP contribution in [-0.4, -0.2) is 32.3 Å². The number of nitrogens with zero attached hydrogens (tertiary/aromatic N) is 3. The van der Waals surface area contributed by atoms with E-state index in [0.29, 0.717) is 0 Å². The Morgan fingerprint density at radius 1 is 0.667 bits per heavy atom. The monoisotopic (exact) mass is 207 g/mol. The highest BCUT2D eigenvalue weighted by Gasteiger charge is 2.14. The lowest BCUT2D eigenvalue weighted by Gasteiger charge is -2.00. The molecule has 1 rings (SSSR count). The van der Waals surface area contributed by atoms with E-state index in [1.807, 2.05) is 0 Å². The van der Waals surface area contributed by atoms with Crippen LogP contribution in [0.5, 0.6) is 0 Å². The molecule has 1 aromatic heterocycles. The minimum Gasteiger partial charge on any atom is -0.291 e. The molecular weight excluding hydrogens is 198 g/mol. The van der Waals surface area contributed by atoms with Gasteiger partial charge >= 0.3 is 0 Å². The van der Waals surface area contributed by atoms with Gasteiger partial charge in [0.25, 0.3) is 0 Å². The van der Waals surface area contributed by atoms with Gasteiger partial charge in [0.2, 0.25) is 0 Å². The molecule has 6 nitrogen and oxygen atoms in total. The molecule has 0 aliphatic rings. The smallest absolute Gasteiger partial charge is 0.199 e. The van der Waals surface area contributed by atoms with E-state index in [1.54, 1.807) is 0 Å². The molecule has 0 aliphatic carbocycles. The van der Waals surface area contributed by atoms with Gasteiger partial charge in [0.1, 0.15) is 0 Å². The molecule has 0 saturated carbocycles. The molecule has 0 aliphatic heterocycles. The predicted octanol–water partition coefficient (Wildman–Crippen LogP) is 0.479. The molecule has 0 amide bonds. The summed E-state index contributed by atoms with van der Waals surface area (Å²) in [5.41, 5.74) is 0. The molecule has 0 radical (unpaired) electrons. The first-order valence-corrected chi connectivity index (χ1v) is 4.20. The third-order valence-corrected chi connectivity index (χ3v) is 1.58. The molecule has 0 unspecified atom stereocenters. The number of ketones is 3. The van der Waals surface area contributed by atoms with Crippen LogP contribution < -0.4 is 0 Å². The maximum Gasteiger partial charge on any atom is 0.199 e. The number of carbonyl (C=O) groups is 3. The van der Waals surface area contributed by atoms with Gasteiger partial charge in [-0.05, 0) is 0 Å². The fraction of sp³-hybridized carbons (Fsp3) is 0.333. The van der Waals surface area contributed by atoms with E-state index in [9.17, 15) is 14.4 Å². The van der Waals surface area contributed by atoms with Crippen LogP contribution in [0.3, 0.4) is 0 Å². The van der Waals surface area contributed by atoms with Crippen molar-refractivity contribution in [2.45, 2.75) is 20.8 Å². The minimum atomic E-state index is -0.414. The van der Waals surface area contributed by atoms with E-state index in [2.05, 4.69) is 15.0 Å². The molecule has 15 heavy (non-hydrogen) atoms. The average Bonchev–Trinajstić information content (AvgIpc) is 2.16. The van der Waals surface area contributed by atoms with Crippen LogP contribution in [0.15, 0.2) is 0 Å². The van der Waals surface area contributed by atoms with E-state index in [4.69, 9.17) is 0 Å². The molecule has 0 N–H and O–H groups in total. The van der Waals surface area contributed by atoms with Gasteiger partial charge in [-0.1, -0.05) is 0 Å². The van der Waals surface area contributed by atoms with Crippen molar-refractivity contribution in [1.82, 2.24) is 15.0 Å². The summed E-state index contributed by atoms with van der Waals surface area (Å²) in [4.78, 5) is 44.0. The molecule has 0 saturated heterocycles. The van der Waals surface area contributed by atoms with E-state index < -0.39 is 17.3 Å². The second-order valence-electron chi connectivity index (χ2n) is 2.97. The summed E-state index contributed by atoms with van der Waals surface area (Å²) in [6, 6.07) is 0. The van der Waals surface area contributed by atoms with Crippen LogP contribution in [-0.2, 0) is 0 Å². The second kappa shape index (κ2) is 4.04. The van der Waals surface area contributed by atoms with Crippen LogP contribution >= 0.6 is 0 Å². The first-order valence-electron chi connectivity index (χ1n) is 4.20. The maximum atomic E-state index is 11.0. The van der Waals surface area contributed by atoms with E-state index >= 15 is 0 Å². The van der Waals surface area contributed by atoms with Crippen molar-refractivity contribution in [1.29, 1.82) is 0 Å². The molecule has 6 heteroatoms. The van der Waals surface area contributed by atoms with Gasteiger partial charge in [-0.2, -0.15) is 0 Å².